The van der Waals surface area contributed by atoms with Crippen LogP contribution in [-0.4, -0.2) is 22.5 Å². The van der Waals surface area contributed by atoms with Gasteiger partial charge in [0.1, 0.15) is 0 Å². The van der Waals surface area contributed by atoms with Crippen LogP contribution in [0.1, 0.15) is 31.9 Å². The van der Waals surface area contributed by atoms with Gasteiger partial charge in [-0.3, -0.25) is 4.79 Å². The Labute approximate surface area is 93.6 Å². The van der Waals surface area contributed by atoms with Crippen LogP contribution in [-0.2, 0) is 9.53 Å². The number of hydrogen-bond donors (Lipinski definition) is 0. The van der Waals surface area contributed by atoms with E-state index in [2.05, 4.69) is 9.97 Å². The Bertz CT molecular complexity index is 344. The molecule has 0 fully saturated rings. The van der Waals surface area contributed by atoms with Crippen molar-refractivity contribution in [3.8, 4) is 0 Å². The smallest absolute Gasteiger partial charge is 0.315 e. The Hall–Kier alpha value is -1.16. The third-order valence-corrected chi connectivity index (χ3v) is 2.17. The Balaban J connectivity index is 2.87. The normalized spacial score (nSPS) is 12.2. The lowest BCUT2D eigenvalue weighted by Crippen LogP contribution is -2.16. The van der Waals surface area contributed by atoms with Gasteiger partial charge in [0.2, 0.25) is 5.28 Å². The molecule has 15 heavy (non-hydrogen) atoms. The molecule has 0 aliphatic carbocycles. The summed E-state index contributed by atoms with van der Waals surface area (Å²) >= 11 is 5.65. The van der Waals surface area contributed by atoms with Gasteiger partial charge in [0.05, 0.1) is 18.2 Å². The van der Waals surface area contributed by atoms with E-state index in [4.69, 9.17) is 16.3 Å². The summed E-state index contributed by atoms with van der Waals surface area (Å²) in [6.07, 6.45) is 2.17. The van der Waals surface area contributed by atoms with Crippen molar-refractivity contribution in [2.24, 2.45) is 0 Å². The molecule has 0 saturated carbocycles. The molecule has 5 heteroatoms. The van der Waals surface area contributed by atoms with Gasteiger partial charge < -0.3 is 4.74 Å². The van der Waals surface area contributed by atoms with Crippen molar-refractivity contribution in [1.29, 1.82) is 0 Å². The second kappa shape index (κ2) is 5.66. The molecular weight excluding hydrogens is 216 g/mol. The minimum Gasteiger partial charge on any atom is -0.465 e. The fraction of sp³-hybridized carbons (Fsp3) is 0.500. The van der Waals surface area contributed by atoms with Gasteiger partial charge in [0.15, 0.2) is 0 Å². The number of aromatic nitrogens is 2. The van der Waals surface area contributed by atoms with Crippen LogP contribution in [0, 0.1) is 0 Å². The predicted octanol–water partition coefficient (Wildman–Crippen LogP) is 2.19. The largest absolute Gasteiger partial charge is 0.465 e. The van der Waals surface area contributed by atoms with E-state index >= 15 is 0 Å². The van der Waals surface area contributed by atoms with Gasteiger partial charge >= 0.3 is 5.97 Å². The van der Waals surface area contributed by atoms with Crippen LogP contribution in [0.25, 0.3) is 0 Å². The minimum atomic E-state index is -0.356. The van der Waals surface area contributed by atoms with Crippen molar-refractivity contribution in [1.82, 2.24) is 9.97 Å². The maximum absolute atomic E-state index is 11.6. The van der Waals surface area contributed by atoms with Crippen molar-refractivity contribution in [3.63, 3.8) is 0 Å². The summed E-state index contributed by atoms with van der Waals surface area (Å²) in [5.74, 6) is -0.625. The predicted molar refractivity (Wildman–Crippen MR) is 56.7 cm³/mol. The molecular formula is C10H13ClN2O2. The van der Waals surface area contributed by atoms with Crippen LogP contribution < -0.4 is 0 Å². The summed E-state index contributed by atoms with van der Waals surface area (Å²) in [6.45, 7) is 4.04. The molecule has 0 saturated heterocycles. The highest BCUT2D eigenvalue weighted by molar-refractivity contribution is 6.28. The second-order valence-corrected chi connectivity index (χ2v) is 3.30. The van der Waals surface area contributed by atoms with E-state index in [-0.39, 0.29) is 17.2 Å². The summed E-state index contributed by atoms with van der Waals surface area (Å²) in [4.78, 5) is 19.3. The zero-order chi connectivity index (χ0) is 11.3. The minimum absolute atomic E-state index is 0.148. The fourth-order valence-corrected chi connectivity index (χ4v) is 1.44. The lowest BCUT2D eigenvalue weighted by molar-refractivity contribution is -0.145. The lowest BCUT2D eigenvalue weighted by atomic mass is 10.0. The molecule has 0 bridgehead atoms. The Morgan fingerprint density at radius 2 is 2.33 bits per heavy atom. The van der Waals surface area contributed by atoms with Crippen LogP contribution in [0.4, 0.5) is 0 Å². The van der Waals surface area contributed by atoms with Crippen LogP contribution >= 0.6 is 11.6 Å². The van der Waals surface area contributed by atoms with Crippen molar-refractivity contribution >= 4 is 17.6 Å². The van der Waals surface area contributed by atoms with Gasteiger partial charge in [-0.05, 0) is 31.0 Å². The highest BCUT2D eigenvalue weighted by Crippen LogP contribution is 2.19. The molecule has 1 aromatic heterocycles. The molecule has 1 rings (SSSR count). The molecule has 82 valence electrons. The quantitative estimate of drug-likeness (QED) is 0.586. The third kappa shape index (κ3) is 3.16. The highest BCUT2D eigenvalue weighted by Gasteiger charge is 2.21. The van der Waals surface area contributed by atoms with Crippen LogP contribution in [0.2, 0.25) is 5.28 Å². The van der Waals surface area contributed by atoms with E-state index in [0.717, 1.165) is 0 Å². The van der Waals surface area contributed by atoms with Gasteiger partial charge in [0, 0.05) is 6.20 Å². The number of carbonyl (C=O) groups is 1. The van der Waals surface area contributed by atoms with Gasteiger partial charge in [-0.15, -0.1) is 0 Å². The zero-order valence-electron chi connectivity index (χ0n) is 8.74. The van der Waals surface area contributed by atoms with E-state index < -0.39 is 0 Å². The Morgan fingerprint density at radius 1 is 1.60 bits per heavy atom. The fourth-order valence-electron chi connectivity index (χ4n) is 1.28. The number of rotatable bonds is 4. The molecule has 0 aromatic carbocycles. The number of hydrogen-bond acceptors (Lipinski definition) is 4. The standard InChI is InChI=1S/C10H13ClN2O2/c1-3-7(9(14)15-4-2)8-5-6-12-10(11)13-8/h5-7H,3-4H2,1-2H3. The SMILES string of the molecule is CCOC(=O)C(CC)c1ccnc(Cl)n1. The zero-order valence-corrected chi connectivity index (χ0v) is 9.49. The summed E-state index contributed by atoms with van der Waals surface area (Å²) in [5.41, 5.74) is 0.607. The monoisotopic (exact) mass is 228 g/mol. The van der Waals surface area contributed by atoms with Gasteiger partial charge in [-0.25, -0.2) is 9.97 Å². The summed E-state index contributed by atoms with van der Waals surface area (Å²) in [5, 5.41) is 0.148. The Morgan fingerprint density at radius 3 is 2.87 bits per heavy atom. The number of ether oxygens (including phenoxy) is 1. The maximum Gasteiger partial charge on any atom is 0.315 e. The first kappa shape index (κ1) is 11.9. The summed E-state index contributed by atoms with van der Waals surface area (Å²) in [6, 6.07) is 1.68. The van der Waals surface area contributed by atoms with E-state index in [1.165, 1.54) is 6.20 Å². The second-order valence-electron chi connectivity index (χ2n) is 2.96. The van der Waals surface area contributed by atoms with E-state index in [1.54, 1.807) is 13.0 Å². The van der Waals surface area contributed by atoms with Gasteiger partial charge in [-0.2, -0.15) is 0 Å². The van der Waals surface area contributed by atoms with Gasteiger partial charge in [-0.1, -0.05) is 6.92 Å². The first-order chi connectivity index (χ1) is 7.19. The van der Waals surface area contributed by atoms with E-state index in [0.29, 0.717) is 18.7 Å². The van der Waals surface area contributed by atoms with Crippen molar-refractivity contribution in [2.75, 3.05) is 6.61 Å². The van der Waals surface area contributed by atoms with E-state index in [9.17, 15) is 4.79 Å². The summed E-state index contributed by atoms with van der Waals surface area (Å²) < 4.78 is 4.95. The van der Waals surface area contributed by atoms with Crippen LogP contribution in [0.5, 0.6) is 0 Å². The third-order valence-electron chi connectivity index (χ3n) is 1.98. The number of esters is 1. The molecule has 4 nitrogen and oxygen atoms in total. The lowest BCUT2D eigenvalue weighted by Gasteiger charge is -2.12. The van der Waals surface area contributed by atoms with E-state index in [1.807, 2.05) is 6.92 Å². The Kier molecular flexibility index (Phi) is 4.49. The molecule has 1 heterocycles. The molecule has 0 amide bonds. The molecule has 0 spiro atoms. The van der Waals surface area contributed by atoms with Crippen molar-refractivity contribution in [2.45, 2.75) is 26.2 Å². The molecule has 1 unspecified atom stereocenters. The molecule has 1 aromatic rings. The molecule has 0 aliphatic heterocycles. The maximum atomic E-state index is 11.6. The average Bonchev–Trinajstić information content (AvgIpc) is 2.19. The molecule has 1 atom stereocenters. The molecule has 0 aliphatic rings. The number of carbonyl (C=O) groups excluding carboxylic acids is 1. The van der Waals surface area contributed by atoms with Gasteiger partial charge in [0.25, 0.3) is 0 Å². The first-order valence-electron chi connectivity index (χ1n) is 4.84. The number of nitrogens with zero attached hydrogens (tertiary/aromatic N) is 2. The molecule has 0 radical (unpaired) electrons. The first-order valence-corrected chi connectivity index (χ1v) is 5.21. The highest BCUT2D eigenvalue weighted by atomic mass is 35.5. The number of halogens is 1. The average molecular weight is 229 g/mol. The van der Waals surface area contributed by atoms with Crippen LogP contribution in [0.15, 0.2) is 12.3 Å². The summed E-state index contributed by atoms with van der Waals surface area (Å²) in [7, 11) is 0. The van der Waals surface area contributed by atoms with Crippen LogP contribution in [0.3, 0.4) is 0 Å². The van der Waals surface area contributed by atoms with Crippen molar-refractivity contribution < 1.29 is 9.53 Å². The topological polar surface area (TPSA) is 52.1 Å². The molecule has 0 N–H and O–H groups in total. The van der Waals surface area contributed by atoms with Crippen molar-refractivity contribution in [3.05, 3.63) is 23.2 Å².